The van der Waals surface area contributed by atoms with Crippen LogP contribution in [-0.4, -0.2) is 37.1 Å². The fraction of sp³-hybridized carbons (Fsp3) is 1.00. The van der Waals surface area contributed by atoms with Crippen molar-refractivity contribution in [3.8, 4) is 0 Å². The zero-order chi connectivity index (χ0) is 12.9. The maximum atomic E-state index is 3.58. The molecule has 1 rings (SSSR count). The third-order valence-electron chi connectivity index (χ3n) is 4.58. The topological polar surface area (TPSA) is 15.3 Å². The number of rotatable bonds is 7. The number of nitrogens with one attached hydrogen (secondary N) is 1. The van der Waals surface area contributed by atoms with Gasteiger partial charge in [-0.15, -0.1) is 0 Å². The van der Waals surface area contributed by atoms with Crippen molar-refractivity contribution in [2.24, 2.45) is 11.3 Å². The molecule has 1 unspecified atom stereocenters. The summed E-state index contributed by atoms with van der Waals surface area (Å²) in [5.74, 6) is 0.756. The van der Waals surface area contributed by atoms with Gasteiger partial charge in [0.05, 0.1) is 0 Å². The maximum absolute atomic E-state index is 3.58. The lowest BCUT2D eigenvalue weighted by atomic mass is 9.82. The van der Waals surface area contributed by atoms with Gasteiger partial charge in [-0.25, -0.2) is 0 Å². The molecule has 1 saturated heterocycles. The van der Waals surface area contributed by atoms with Crippen LogP contribution in [0.2, 0.25) is 0 Å². The van der Waals surface area contributed by atoms with Crippen molar-refractivity contribution < 1.29 is 0 Å². The van der Waals surface area contributed by atoms with Gasteiger partial charge in [0.2, 0.25) is 0 Å². The molecule has 1 N–H and O–H groups in total. The summed E-state index contributed by atoms with van der Waals surface area (Å²) in [6.45, 7) is 16.5. The minimum atomic E-state index is 0.617. The number of hydrogen-bond donors (Lipinski definition) is 1. The summed E-state index contributed by atoms with van der Waals surface area (Å²) in [4.78, 5) is 2.68. The Hall–Kier alpha value is -0.0800. The lowest BCUT2D eigenvalue weighted by molar-refractivity contribution is 0.199. The summed E-state index contributed by atoms with van der Waals surface area (Å²) in [5, 5.41) is 3.58. The molecule has 0 radical (unpaired) electrons. The van der Waals surface area contributed by atoms with E-state index in [0.717, 1.165) is 19.0 Å². The highest BCUT2D eigenvalue weighted by atomic mass is 15.2. The number of likely N-dealkylation sites (tertiary alicyclic amines) is 1. The lowest BCUT2D eigenvalue weighted by Crippen LogP contribution is -2.41. The Labute approximate surface area is 108 Å². The Balaban J connectivity index is 2.32. The van der Waals surface area contributed by atoms with Crippen LogP contribution in [0.5, 0.6) is 0 Å². The molecule has 0 aromatic rings. The van der Waals surface area contributed by atoms with Gasteiger partial charge in [0.25, 0.3) is 0 Å². The van der Waals surface area contributed by atoms with Crippen LogP contribution in [0, 0.1) is 11.3 Å². The van der Waals surface area contributed by atoms with Gasteiger partial charge < -0.3 is 5.32 Å². The lowest BCUT2D eigenvalue weighted by Gasteiger charge is -2.29. The minimum Gasteiger partial charge on any atom is -0.315 e. The predicted octanol–water partition coefficient (Wildman–Crippen LogP) is 3.13. The number of hydrogen-bond acceptors (Lipinski definition) is 2. The van der Waals surface area contributed by atoms with Gasteiger partial charge >= 0.3 is 0 Å². The summed E-state index contributed by atoms with van der Waals surface area (Å²) in [7, 11) is 0. The second-order valence-corrected chi connectivity index (χ2v) is 6.33. The van der Waals surface area contributed by atoms with Crippen LogP contribution in [0.4, 0.5) is 0 Å². The molecular formula is C15H32N2. The molecule has 0 bridgehead atoms. The fourth-order valence-corrected chi connectivity index (χ4v) is 2.88. The van der Waals surface area contributed by atoms with Crippen molar-refractivity contribution in [3.05, 3.63) is 0 Å². The van der Waals surface area contributed by atoms with E-state index in [1.54, 1.807) is 0 Å². The molecule has 2 nitrogen and oxygen atoms in total. The van der Waals surface area contributed by atoms with Crippen LogP contribution in [0.25, 0.3) is 0 Å². The van der Waals surface area contributed by atoms with Crippen LogP contribution in [-0.2, 0) is 0 Å². The molecule has 1 fully saturated rings. The Kier molecular flexibility index (Phi) is 5.94. The Morgan fingerprint density at radius 2 is 1.76 bits per heavy atom. The average molecular weight is 240 g/mol. The van der Waals surface area contributed by atoms with Gasteiger partial charge in [0.15, 0.2) is 0 Å². The van der Waals surface area contributed by atoms with Gasteiger partial charge in [-0.1, -0.05) is 27.7 Å². The largest absolute Gasteiger partial charge is 0.315 e. The maximum Gasteiger partial charge on any atom is 0.0192 e. The SMILES string of the molecule is CCC1(CC)CCN(C(C)CNCC(C)C)C1. The quantitative estimate of drug-likeness (QED) is 0.735. The van der Waals surface area contributed by atoms with Gasteiger partial charge in [-0.2, -0.15) is 0 Å². The van der Waals surface area contributed by atoms with E-state index in [1.807, 2.05) is 0 Å². The zero-order valence-electron chi connectivity index (χ0n) is 12.6. The average Bonchev–Trinajstić information content (AvgIpc) is 2.73. The highest BCUT2D eigenvalue weighted by Crippen LogP contribution is 2.37. The Bertz CT molecular complexity index is 209. The standard InChI is InChI=1S/C15H32N2/c1-6-15(7-2)8-9-17(12-15)14(5)11-16-10-13(3)4/h13-14,16H,6-12H2,1-5H3. The summed E-state index contributed by atoms with van der Waals surface area (Å²) < 4.78 is 0. The first-order valence-corrected chi connectivity index (χ1v) is 7.47. The highest BCUT2D eigenvalue weighted by Gasteiger charge is 2.36. The third kappa shape index (κ3) is 4.26. The van der Waals surface area contributed by atoms with E-state index < -0.39 is 0 Å². The van der Waals surface area contributed by atoms with Gasteiger partial charge in [-0.05, 0) is 50.6 Å². The van der Waals surface area contributed by atoms with E-state index in [2.05, 4.69) is 44.8 Å². The predicted molar refractivity (Wildman–Crippen MR) is 76.4 cm³/mol. The molecule has 0 aromatic carbocycles. The molecule has 0 spiro atoms. The van der Waals surface area contributed by atoms with E-state index in [1.165, 1.54) is 32.4 Å². The third-order valence-corrected chi connectivity index (χ3v) is 4.58. The molecule has 0 amide bonds. The van der Waals surface area contributed by atoms with Crippen LogP contribution >= 0.6 is 0 Å². The van der Waals surface area contributed by atoms with Gasteiger partial charge in [0, 0.05) is 19.1 Å². The van der Waals surface area contributed by atoms with E-state index in [9.17, 15) is 0 Å². The molecular weight excluding hydrogens is 208 g/mol. The normalized spacial score (nSPS) is 22.2. The fourth-order valence-electron chi connectivity index (χ4n) is 2.88. The molecule has 17 heavy (non-hydrogen) atoms. The van der Waals surface area contributed by atoms with Crippen molar-refractivity contribution >= 4 is 0 Å². The van der Waals surface area contributed by atoms with E-state index in [-0.39, 0.29) is 0 Å². The second kappa shape index (κ2) is 6.75. The monoisotopic (exact) mass is 240 g/mol. The Morgan fingerprint density at radius 3 is 2.24 bits per heavy atom. The van der Waals surface area contributed by atoms with Crippen LogP contribution < -0.4 is 5.32 Å². The van der Waals surface area contributed by atoms with E-state index in [4.69, 9.17) is 0 Å². The van der Waals surface area contributed by atoms with Crippen molar-refractivity contribution in [1.82, 2.24) is 10.2 Å². The molecule has 1 heterocycles. The smallest absolute Gasteiger partial charge is 0.0192 e. The molecule has 0 saturated carbocycles. The van der Waals surface area contributed by atoms with Crippen LogP contribution in [0.15, 0.2) is 0 Å². The first-order chi connectivity index (χ1) is 8.03. The summed E-state index contributed by atoms with van der Waals surface area (Å²) >= 11 is 0. The summed E-state index contributed by atoms with van der Waals surface area (Å²) in [6, 6.07) is 0.689. The molecule has 1 atom stereocenters. The zero-order valence-corrected chi connectivity index (χ0v) is 12.6. The van der Waals surface area contributed by atoms with Gasteiger partial charge in [-0.3, -0.25) is 4.90 Å². The van der Waals surface area contributed by atoms with Crippen molar-refractivity contribution in [3.63, 3.8) is 0 Å². The molecule has 1 aliphatic rings. The van der Waals surface area contributed by atoms with Gasteiger partial charge in [0.1, 0.15) is 0 Å². The second-order valence-electron chi connectivity index (χ2n) is 6.33. The van der Waals surface area contributed by atoms with E-state index in [0.29, 0.717) is 11.5 Å². The minimum absolute atomic E-state index is 0.617. The molecule has 102 valence electrons. The van der Waals surface area contributed by atoms with Crippen molar-refractivity contribution in [2.45, 2.75) is 59.9 Å². The number of nitrogens with zero attached hydrogens (tertiary/aromatic N) is 1. The molecule has 0 aromatic heterocycles. The first-order valence-electron chi connectivity index (χ1n) is 7.47. The molecule has 1 aliphatic heterocycles. The molecule has 0 aliphatic carbocycles. The van der Waals surface area contributed by atoms with E-state index >= 15 is 0 Å². The summed E-state index contributed by atoms with van der Waals surface area (Å²) in [5.41, 5.74) is 0.617. The van der Waals surface area contributed by atoms with Crippen LogP contribution in [0.3, 0.4) is 0 Å². The van der Waals surface area contributed by atoms with Crippen molar-refractivity contribution in [2.75, 3.05) is 26.2 Å². The molecule has 2 heteroatoms. The van der Waals surface area contributed by atoms with Crippen LogP contribution in [0.1, 0.15) is 53.9 Å². The summed E-state index contributed by atoms with van der Waals surface area (Å²) in [6.07, 6.45) is 4.08. The Morgan fingerprint density at radius 1 is 1.12 bits per heavy atom. The van der Waals surface area contributed by atoms with Crippen molar-refractivity contribution in [1.29, 1.82) is 0 Å². The first kappa shape index (κ1) is 15.0. The highest BCUT2D eigenvalue weighted by molar-refractivity contribution is 4.90.